The van der Waals surface area contributed by atoms with E-state index in [0.717, 1.165) is 4.47 Å². The van der Waals surface area contributed by atoms with Crippen LogP contribution in [0, 0.1) is 11.8 Å². The first-order valence-electron chi connectivity index (χ1n) is 6.32. The van der Waals surface area contributed by atoms with Crippen LogP contribution < -0.4 is 9.46 Å². The lowest BCUT2D eigenvalue weighted by atomic mass is 10.4. The Hall–Kier alpha value is -1.88. The third kappa shape index (κ3) is 5.15. The molecule has 5 nitrogen and oxygen atoms in total. The Labute approximate surface area is 137 Å². The van der Waals surface area contributed by atoms with Crippen LogP contribution in [0.25, 0.3) is 0 Å². The molecule has 1 heterocycles. The number of nitrogens with zero attached hydrogens (tertiary/aromatic N) is 1. The lowest BCUT2D eigenvalue weighted by molar-refractivity contribution is 0.368. The van der Waals surface area contributed by atoms with Gasteiger partial charge in [0.15, 0.2) is 0 Å². The molecule has 0 atom stereocenters. The normalized spacial score (nSPS) is 10.6. The lowest BCUT2D eigenvalue weighted by Crippen LogP contribution is -2.24. The molecule has 7 heteroatoms. The van der Waals surface area contributed by atoms with Crippen LogP contribution in [0.5, 0.6) is 5.75 Å². The summed E-state index contributed by atoms with van der Waals surface area (Å²) in [7, 11) is -3.54. The molecule has 0 saturated carbocycles. The molecule has 2 rings (SSSR count). The molecule has 22 heavy (non-hydrogen) atoms. The zero-order chi connectivity index (χ0) is 15.8. The molecule has 1 N–H and O–H groups in total. The molecule has 0 aliphatic heterocycles. The van der Waals surface area contributed by atoms with Crippen LogP contribution in [0.3, 0.4) is 0 Å². The van der Waals surface area contributed by atoms with Gasteiger partial charge in [-0.3, -0.25) is 4.98 Å². The highest BCUT2D eigenvalue weighted by Gasteiger charge is 2.11. The zero-order valence-corrected chi connectivity index (χ0v) is 13.9. The molecule has 1 aromatic heterocycles. The van der Waals surface area contributed by atoms with E-state index in [2.05, 4.69) is 37.5 Å². The number of ether oxygens (including phenoxy) is 1. The smallest absolute Gasteiger partial charge is 0.241 e. The van der Waals surface area contributed by atoms with Gasteiger partial charge < -0.3 is 4.74 Å². The fourth-order valence-corrected chi connectivity index (χ4v) is 2.68. The minimum atomic E-state index is -3.54. The molecule has 0 unspecified atom stereocenters. The van der Waals surface area contributed by atoms with Gasteiger partial charge in [-0.2, -0.15) is 4.72 Å². The summed E-state index contributed by atoms with van der Waals surface area (Å²) >= 11 is 3.26. The topological polar surface area (TPSA) is 68.3 Å². The molecule has 1 aromatic carbocycles. The van der Waals surface area contributed by atoms with Crippen molar-refractivity contribution in [3.8, 4) is 17.6 Å². The average molecular weight is 381 g/mol. The molecule has 0 aliphatic carbocycles. The van der Waals surface area contributed by atoms with Crippen LogP contribution in [0.15, 0.2) is 58.2 Å². The van der Waals surface area contributed by atoms with E-state index in [1.54, 1.807) is 36.7 Å². The fourth-order valence-electron chi connectivity index (χ4n) is 1.49. The number of rotatable bonds is 5. The van der Waals surface area contributed by atoms with Gasteiger partial charge in [0.25, 0.3) is 0 Å². The van der Waals surface area contributed by atoms with E-state index in [1.165, 1.54) is 12.1 Å². The van der Waals surface area contributed by atoms with Gasteiger partial charge in [-0.25, -0.2) is 8.42 Å². The van der Waals surface area contributed by atoms with Crippen molar-refractivity contribution >= 4 is 26.0 Å². The van der Waals surface area contributed by atoms with Crippen LogP contribution in [-0.4, -0.2) is 26.6 Å². The average Bonchev–Trinajstić information content (AvgIpc) is 2.52. The molecule has 0 fully saturated rings. The Kier molecular flexibility index (Phi) is 5.95. The van der Waals surface area contributed by atoms with Crippen molar-refractivity contribution < 1.29 is 13.2 Å². The minimum Gasteiger partial charge on any atom is -0.479 e. The second kappa shape index (κ2) is 7.94. The van der Waals surface area contributed by atoms with Crippen molar-refractivity contribution in [2.24, 2.45) is 0 Å². The number of sulfonamides is 1. The summed E-state index contributed by atoms with van der Waals surface area (Å²) in [6, 6.07) is 9.90. The Morgan fingerprint density at radius 3 is 2.64 bits per heavy atom. The van der Waals surface area contributed by atoms with Gasteiger partial charge in [0.2, 0.25) is 10.0 Å². The minimum absolute atomic E-state index is 0.0226. The zero-order valence-electron chi connectivity index (χ0n) is 11.5. The van der Waals surface area contributed by atoms with E-state index < -0.39 is 10.0 Å². The van der Waals surface area contributed by atoms with E-state index in [9.17, 15) is 8.42 Å². The summed E-state index contributed by atoms with van der Waals surface area (Å²) in [6.45, 7) is 0.195. The second-order valence-electron chi connectivity index (χ2n) is 4.11. The number of aromatic nitrogens is 1. The molecule has 0 saturated heterocycles. The highest BCUT2D eigenvalue weighted by Crippen LogP contribution is 2.14. The Bertz CT molecular complexity index is 766. The number of nitrogens with one attached hydrogen (secondary N) is 1. The molecular formula is C15H13BrN2O3S. The number of hydrogen-bond acceptors (Lipinski definition) is 4. The maximum atomic E-state index is 12.0. The molecule has 114 valence electrons. The van der Waals surface area contributed by atoms with Gasteiger partial charge in [0, 0.05) is 10.7 Å². The summed E-state index contributed by atoms with van der Waals surface area (Å²) in [5.41, 5.74) is 0. The summed E-state index contributed by atoms with van der Waals surface area (Å²) < 4.78 is 32.5. The van der Waals surface area contributed by atoms with Gasteiger partial charge >= 0.3 is 0 Å². The van der Waals surface area contributed by atoms with E-state index in [0.29, 0.717) is 5.75 Å². The number of halogens is 1. The SMILES string of the molecule is O=S(=O)(NCC#CCOc1cccnc1)c1ccc(Br)cc1. The maximum absolute atomic E-state index is 12.0. The van der Waals surface area contributed by atoms with Crippen molar-refractivity contribution in [3.63, 3.8) is 0 Å². The van der Waals surface area contributed by atoms with E-state index in [-0.39, 0.29) is 18.0 Å². The first-order chi connectivity index (χ1) is 10.6. The highest BCUT2D eigenvalue weighted by atomic mass is 79.9. The van der Waals surface area contributed by atoms with Gasteiger partial charge in [0.1, 0.15) is 12.4 Å². The predicted octanol–water partition coefficient (Wildman–Crippen LogP) is 2.20. The van der Waals surface area contributed by atoms with Crippen molar-refractivity contribution in [3.05, 3.63) is 53.3 Å². The largest absolute Gasteiger partial charge is 0.479 e. The van der Waals surface area contributed by atoms with E-state index in [1.807, 2.05) is 0 Å². The summed E-state index contributed by atoms with van der Waals surface area (Å²) in [4.78, 5) is 4.10. The molecular weight excluding hydrogens is 368 g/mol. The molecule has 0 radical (unpaired) electrons. The van der Waals surface area contributed by atoms with E-state index in [4.69, 9.17) is 4.74 Å². The van der Waals surface area contributed by atoms with Crippen LogP contribution in [-0.2, 0) is 10.0 Å². The van der Waals surface area contributed by atoms with Crippen LogP contribution in [0.2, 0.25) is 0 Å². The Morgan fingerprint density at radius 1 is 1.18 bits per heavy atom. The van der Waals surface area contributed by atoms with Gasteiger partial charge in [-0.05, 0) is 36.4 Å². The predicted molar refractivity (Wildman–Crippen MR) is 86.8 cm³/mol. The quantitative estimate of drug-likeness (QED) is 0.807. The summed E-state index contributed by atoms with van der Waals surface area (Å²) in [6.07, 6.45) is 3.23. The molecule has 0 spiro atoms. The highest BCUT2D eigenvalue weighted by molar-refractivity contribution is 9.10. The first-order valence-corrected chi connectivity index (χ1v) is 8.59. The number of hydrogen-bond donors (Lipinski definition) is 1. The van der Waals surface area contributed by atoms with Crippen LogP contribution >= 0.6 is 15.9 Å². The maximum Gasteiger partial charge on any atom is 0.241 e. The van der Waals surface area contributed by atoms with Crippen LogP contribution in [0.4, 0.5) is 0 Å². The van der Waals surface area contributed by atoms with Crippen molar-refractivity contribution in [1.29, 1.82) is 0 Å². The Morgan fingerprint density at radius 2 is 1.95 bits per heavy atom. The molecule has 0 amide bonds. The fraction of sp³-hybridized carbons (Fsp3) is 0.133. The third-order valence-electron chi connectivity index (χ3n) is 2.54. The van der Waals surface area contributed by atoms with Crippen molar-refractivity contribution in [1.82, 2.24) is 9.71 Å². The summed E-state index contributed by atoms with van der Waals surface area (Å²) in [5, 5.41) is 0. The number of pyridine rings is 1. The third-order valence-corrected chi connectivity index (χ3v) is 4.49. The molecule has 0 bridgehead atoms. The monoisotopic (exact) mass is 380 g/mol. The Balaban J connectivity index is 1.81. The van der Waals surface area contributed by atoms with Crippen LogP contribution in [0.1, 0.15) is 0 Å². The summed E-state index contributed by atoms with van der Waals surface area (Å²) in [5.74, 6) is 6.05. The van der Waals surface area contributed by atoms with Crippen molar-refractivity contribution in [2.45, 2.75) is 4.90 Å². The van der Waals surface area contributed by atoms with Gasteiger partial charge in [-0.1, -0.05) is 27.8 Å². The molecule has 0 aliphatic rings. The molecule has 2 aromatic rings. The first kappa shape index (κ1) is 16.5. The number of benzene rings is 1. The van der Waals surface area contributed by atoms with E-state index >= 15 is 0 Å². The van der Waals surface area contributed by atoms with Gasteiger partial charge in [-0.15, -0.1) is 0 Å². The van der Waals surface area contributed by atoms with Crippen molar-refractivity contribution in [2.75, 3.05) is 13.2 Å². The lowest BCUT2D eigenvalue weighted by Gasteiger charge is -2.03. The second-order valence-corrected chi connectivity index (χ2v) is 6.79. The standard InChI is InChI=1S/C15H13BrN2O3S/c16-13-5-7-15(8-6-13)22(19,20)18-10-1-2-11-21-14-4-3-9-17-12-14/h3-9,12,18H,10-11H2. The van der Waals surface area contributed by atoms with Gasteiger partial charge in [0.05, 0.1) is 17.6 Å².